The molecule has 0 aliphatic rings. The number of esters is 1. The van der Waals surface area contributed by atoms with Crippen molar-refractivity contribution in [2.75, 3.05) is 28.4 Å². The third kappa shape index (κ3) is 5.45. The fourth-order valence-electron chi connectivity index (χ4n) is 3.82. The van der Waals surface area contributed by atoms with Crippen LogP contribution in [0, 0.1) is 6.92 Å². The van der Waals surface area contributed by atoms with E-state index in [0.29, 0.717) is 17.1 Å². The lowest BCUT2D eigenvalue weighted by Gasteiger charge is -2.22. The van der Waals surface area contributed by atoms with Crippen LogP contribution >= 0.6 is 0 Å². The maximum Gasteiger partial charge on any atom is 0.373 e. The quantitative estimate of drug-likeness (QED) is 0.398. The Morgan fingerprint density at radius 2 is 1.72 bits per heavy atom. The first-order valence-electron chi connectivity index (χ1n) is 10.8. The van der Waals surface area contributed by atoms with Crippen LogP contribution in [0.1, 0.15) is 45.5 Å². The molecule has 2 N–H and O–H groups in total. The number of methoxy groups -OCH3 is 4. The highest BCUT2D eigenvalue weighted by Gasteiger charge is 2.30. The molecular formula is C25H27NO10. The Bertz CT molecular complexity index is 1310. The Hall–Kier alpha value is -4.41. The van der Waals surface area contributed by atoms with Gasteiger partial charge in [0.05, 0.1) is 40.5 Å². The lowest BCUT2D eigenvalue weighted by Crippen LogP contribution is -2.27. The van der Waals surface area contributed by atoms with Crippen LogP contribution in [0.4, 0.5) is 0 Å². The number of amides is 1. The van der Waals surface area contributed by atoms with Gasteiger partial charge in [0.15, 0.2) is 11.5 Å². The SMILES string of the molecule is COC(=O)c1ccc(CNC(=O)CC(c2ccc(OC)c(OC)c2OC)c2c(O)cc(C)oc2=O)o1. The van der Waals surface area contributed by atoms with Crippen molar-refractivity contribution in [2.24, 2.45) is 0 Å². The summed E-state index contributed by atoms with van der Waals surface area (Å²) < 4.78 is 31.5. The molecule has 2 heterocycles. The standard InChI is InChI=1S/C25H27NO10/c1-13-10-17(27)21(25(30)35-13)16(15-7-9-18(31-2)23(33-4)22(15)32-3)11-20(28)26-12-14-6-8-19(36-14)24(29)34-5/h6-10,16,27H,11-12H2,1-5H3,(H,26,28). The van der Waals surface area contributed by atoms with Crippen LogP contribution in [0.3, 0.4) is 0 Å². The summed E-state index contributed by atoms with van der Waals surface area (Å²) in [4.78, 5) is 37.4. The molecule has 0 spiro atoms. The van der Waals surface area contributed by atoms with Gasteiger partial charge >= 0.3 is 11.6 Å². The van der Waals surface area contributed by atoms with Crippen LogP contribution in [0.5, 0.6) is 23.0 Å². The first-order chi connectivity index (χ1) is 17.2. The molecule has 2 aromatic heterocycles. The number of carbonyl (C=O) groups is 2. The molecule has 0 aliphatic carbocycles. The van der Waals surface area contributed by atoms with E-state index in [1.807, 2.05) is 0 Å². The van der Waals surface area contributed by atoms with Crippen molar-refractivity contribution in [3.63, 3.8) is 0 Å². The van der Waals surface area contributed by atoms with Gasteiger partial charge in [-0.05, 0) is 25.1 Å². The van der Waals surface area contributed by atoms with Crippen LogP contribution in [0.25, 0.3) is 0 Å². The number of rotatable bonds is 10. The minimum absolute atomic E-state index is 0.00289. The van der Waals surface area contributed by atoms with Crippen molar-refractivity contribution in [3.8, 4) is 23.0 Å². The van der Waals surface area contributed by atoms with Crippen LogP contribution in [0.15, 0.2) is 44.0 Å². The number of aryl methyl sites for hydroxylation is 1. The number of hydrogen-bond donors (Lipinski definition) is 2. The summed E-state index contributed by atoms with van der Waals surface area (Å²) in [6, 6.07) is 7.48. The Balaban J connectivity index is 1.98. The number of ether oxygens (including phenoxy) is 4. The van der Waals surface area contributed by atoms with E-state index in [2.05, 4.69) is 10.1 Å². The van der Waals surface area contributed by atoms with Crippen molar-refractivity contribution in [3.05, 3.63) is 69.2 Å². The van der Waals surface area contributed by atoms with Gasteiger partial charge in [-0.1, -0.05) is 6.07 Å². The number of nitrogens with one attached hydrogen (secondary N) is 1. The van der Waals surface area contributed by atoms with Gasteiger partial charge in [-0.2, -0.15) is 0 Å². The maximum atomic E-state index is 13.0. The molecule has 11 heteroatoms. The third-order valence-corrected chi connectivity index (χ3v) is 5.45. The molecule has 192 valence electrons. The number of hydrogen-bond acceptors (Lipinski definition) is 10. The fourth-order valence-corrected chi connectivity index (χ4v) is 3.82. The second kappa shape index (κ2) is 11.3. The second-order valence-corrected chi connectivity index (χ2v) is 7.66. The molecular weight excluding hydrogens is 474 g/mol. The molecule has 0 bridgehead atoms. The third-order valence-electron chi connectivity index (χ3n) is 5.45. The van der Waals surface area contributed by atoms with Crippen molar-refractivity contribution in [2.45, 2.75) is 25.8 Å². The molecule has 36 heavy (non-hydrogen) atoms. The molecule has 0 fully saturated rings. The van der Waals surface area contributed by atoms with E-state index in [1.54, 1.807) is 12.1 Å². The second-order valence-electron chi connectivity index (χ2n) is 7.66. The molecule has 11 nitrogen and oxygen atoms in total. The van der Waals surface area contributed by atoms with Crippen LogP contribution < -0.4 is 25.2 Å². The zero-order valence-corrected chi connectivity index (χ0v) is 20.5. The molecule has 3 aromatic rings. The Morgan fingerprint density at radius 3 is 2.33 bits per heavy atom. The predicted molar refractivity (Wildman–Crippen MR) is 126 cm³/mol. The zero-order chi connectivity index (χ0) is 26.4. The Kier molecular flexibility index (Phi) is 8.26. The molecule has 1 amide bonds. The van der Waals surface area contributed by atoms with E-state index >= 15 is 0 Å². The number of furan rings is 1. The van der Waals surface area contributed by atoms with E-state index in [9.17, 15) is 19.5 Å². The lowest BCUT2D eigenvalue weighted by molar-refractivity contribution is -0.121. The van der Waals surface area contributed by atoms with Crippen molar-refractivity contribution in [1.29, 1.82) is 0 Å². The summed E-state index contributed by atoms with van der Waals surface area (Å²) in [5, 5.41) is 13.3. The summed E-state index contributed by atoms with van der Waals surface area (Å²) in [5.74, 6) is -1.04. The minimum atomic E-state index is -0.973. The van der Waals surface area contributed by atoms with Crippen LogP contribution in [0.2, 0.25) is 0 Å². The average molecular weight is 501 g/mol. The van der Waals surface area contributed by atoms with Crippen LogP contribution in [-0.2, 0) is 16.1 Å². The molecule has 3 rings (SSSR count). The minimum Gasteiger partial charge on any atom is -0.507 e. The first kappa shape index (κ1) is 26.2. The highest BCUT2D eigenvalue weighted by atomic mass is 16.5. The average Bonchev–Trinajstić information content (AvgIpc) is 3.34. The summed E-state index contributed by atoms with van der Waals surface area (Å²) >= 11 is 0. The monoisotopic (exact) mass is 501 g/mol. The van der Waals surface area contributed by atoms with Gasteiger partial charge in [0.25, 0.3) is 0 Å². The summed E-state index contributed by atoms with van der Waals surface area (Å²) in [7, 11) is 5.52. The normalized spacial score (nSPS) is 11.5. The molecule has 0 saturated carbocycles. The van der Waals surface area contributed by atoms with E-state index < -0.39 is 23.4 Å². The van der Waals surface area contributed by atoms with Crippen LogP contribution in [-0.4, -0.2) is 45.4 Å². The summed E-state index contributed by atoms with van der Waals surface area (Å²) in [6.45, 7) is 1.50. The Labute approximate surface area is 206 Å². The van der Waals surface area contributed by atoms with E-state index in [4.69, 9.17) is 23.0 Å². The van der Waals surface area contributed by atoms with Crippen molar-refractivity contribution < 1.29 is 42.5 Å². The smallest absolute Gasteiger partial charge is 0.373 e. The van der Waals surface area contributed by atoms with Gasteiger partial charge in [0, 0.05) is 24.0 Å². The van der Waals surface area contributed by atoms with Gasteiger partial charge < -0.3 is 38.2 Å². The highest BCUT2D eigenvalue weighted by molar-refractivity contribution is 5.86. The van der Waals surface area contributed by atoms with E-state index in [-0.39, 0.29) is 47.3 Å². The lowest BCUT2D eigenvalue weighted by atomic mass is 9.87. The molecule has 1 aromatic carbocycles. The number of carbonyl (C=O) groups excluding carboxylic acids is 2. The maximum absolute atomic E-state index is 13.0. The number of benzene rings is 1. The zero-order valence-electron chi connectivity index (χ0n) is 20.5. The first-order valence-corrected chi connectivity index (χ1v) is 10.8. The van der Waals surface area contributed by atoms with Gasteiger partial charge in [-0.15, -0.1) is 0 Å². The molecule has 1 unspecified atom stereocenters. The Morgan fingerprint density at radius 1 is 1.00 bits per heavy atom. The van der Waals surface area contributed by atoms with Gasteiger partial charge in [0.1, 0.15) is 17.3 Å². The van der Waals surface area contributed by atoms with Crippen molar-refractivity contribution in [1.82, 2.24) is 5.32 Å². The largest absolute Gasteiger partial charge is 0.507 e. The summed E-state index contributed by atoms with van der Waals surface area (Å²) in [6.07, 6.45) is -0.266. The van der Waals surface area contributed by atoms with Gasteiger partial charge in [-0.25, -0.2) is 9.59 Å². The molecule has 1 atom stereocenters. The van der Waals surface area contributed by atoms with Gasteiger partial charge in [0.2, 0.25) is 17.4 Å². The highest BCUT2D eigenvalue weighted by Crippen LogP contribution is 2.45. The molecule has 0 aliphatic heterocycles. The topological polar surface area (TPSA) is 147 Å². The van der Waals surface area contributed by atoms with Crippen molar-refractivity contribution >= 4 is 11.9 Å². The van der Waals surface area contributed by atoms with E-state index in [1.165, 1.54) is 53.6 Å². The van der Waals surface area contributed by atoms with E-state index in [0.717, 1.165) is 0 Å². The van der Waals surface area contributed by atoms with Gasteiger partial charge in [-0.3, -0.25) is 4.79 Å². The fraction of sp³-hybridized carbons (Fsp3) is 0.320. The molecule has 0 saturated heterocycles. The predicted octanol–water partition coefficient (Wildman–Crippen LogP) is 2.90. The molecule has 0 radical (unpaired) electrons. The number of aromatic hydroxyl groups is 1. The summed E-state index contributed by atoms with van der Waals surface area (Å²) in [5.41, 5.74) is -0.522.